The van der Waals surface area contributed by atoms with Crippen LogP contribution in [0.25, 0.3) is 0 Å². The molecule has 1 unspecified atom stereocenters. The van der Waals surface area contributed by atoms with Crippen molar-refractivity contribution in [3.05, 3.63) is 102 Å². The van der Waals surface area contributed by atoms with E-state index in [1.54, 1.807) is 0 Å². The molecule has 0 amide bonds. The van der Waals surface area contributed by atoms with Gasteiger partial charge in [0.15, 0.2) is 0 Å². The number of halogens is 3. The van der Waals surface area contributed by atoms with Gasteiger partial charge in [-0.25, -0.2) is 4.79 Å². The summed E-state index contributed by atoms with van der Waals surface area (Å²) in [4.78, 5) is 14.0. The van der Waals surface area contributed by atoms with Crippen molar-refractivity contribution in [2.75, 3.05) is 11.5 Å². The second-order valence-electron chi connectivity index (χ2n) is 7.30. The fourth-order valence-corrected chi connectivity index (χ4v) is 3.39. The predicted octanol–water partition coefficient (Wildman–Crippen LogP) is 5.21. The third-order valence-electron chi connectivity index (χ3n) is 5.06. The van der Waals surface area contributed by atoms with Gasteiger partial charge in [-0.1, -0.05) is 72.8 Å². The van der Waals surface area contributed by atoms with Crippen molar-refractivity contribution in [1.29, 1.82) is 0 Å². The van der Waals surface area contributed by atoms with Crippen molar-refractivity contribution in [3.63, 3.8) is 0 Å². The lowest BCUT2D eigenvalue weighted by atomic mass is 9.92. The molecule has 0 radical (unpaired) electrons. The second kappa shape index (κ2) is 9.87. The summed E-state index contributed by atoms with van der Waals surface area (Å²) in [5, 5.41) is 10.3. The van der Waals surface area contributed by atoms with Gasteiger partial charge >= 0.3 is 12.1 Å². The Bertz CT molecular complexity index is 967. The zero-order valence-electron chi connectivity index (χ0n) is 17.5. The minimum absolute atomic E-state index is 0.281. The molecule has 7 heteroatoms. The normalized spacial score (nSPS) is 13.3. The van der Waals surface area contributed by atoms with Gasteiger partial charge in [0, 0.05) is 24.3 Å². The van der Waals surface area contributed by atoms with E-state index in [2.05, 4.69) is 4.74 Å². The monoisotopic (exact) mass is 443 g/mol. The number of nitrogens with zero attached hydrogens (tertiary/aromatic N) is 1. The Morgan fingerprint density at radius 1 is 0.844 bits per heavy atom. The maximum Gasteiger partial charge on any atom is 0.432 e. The van der Waals surface area contributed by atoms with Crippen LogP contribution in [0.4, 0.5) is 18.9 Å². The Balaban J connectivity index is 1.94. The number of anilines is 1. The quantitative estimate of drug-likeness (QED) is 0.486. The van der Waals surface area contributed by atoms with Crippen molar-refractivity contribution in [1.82, 2.24) is 0 Å². The summed E-state index contributed by atoms with van der Waals surface area (Å²) in [5.74, 6) is -1.74. The lowest BCUT2D eigenvalue weighted by Crippen LogP contribution is -2.50. The van der Waals surface area contributed by atoms with Gasteiger partial charge in [-0.05, 0) is 30.2 Å². The Morgan fingerprint density at radius 2 is 1.31 bits per heavy atom. The van der Waals surface area contributed by atoms with E-state index in [4.69, 9.17) is 0 Å². The highest BCUT2D eigenvalue weighted by molar-refractivity contribution is 5.82. The molecule has 0 bridgehead atoms. The summed E-state index contributed by atoms with van der Waals surface area (Å²) in [6.07, 6.45) is -5.23. The second-order valence-corrected chi connectivity index (χ2v) is 7.30. The van der Waals surface area contributed by atoms with E-state index in [0.29, 0.717) is 18.8 Å². The van der Waals surface area contributed by atoms with Crippen LogP contribution in [0.2, 0.25) is 0 Å². The summed E-state index contributed by atoms with van der Waals surface area (Å²) in [6.45, 7) is 2.15. The summed E-state index contributed by atoms with van der Waals surface area (Å²) < 4.78 is 45.4. The van der Waals surface area contributed by atoms with Gasteiger partial charge < -0.3 is 14.7 Å². The predicted molar refractivity (Wildman–Crippen MR) is 116 cm³/mol. The first-order chi connectivity index (χ1) is 15.3. The molecule has 3 rings (SSSR count). The summed E-state index contributed by atoms with van der Waals surface area (Å²) in [5.41, 5.74) is -1.61. The third kappa shape index (κ3) is 5.11. The van der Waals surface area contributed by atoms with Gasteiger partial charge in [-0.3, -0.25) is 0 Å². The Hall–Kier alpha value is -3.32. The largest absolute Gasteiger partial charge is 0.463 e. The molecule has 0 aliphatic heterocycles. The molecule has 0 aliphatic rings. The summed E-state index contributed by atoms with van der Waals surface area (Å²) in [6, 6.07) is 24.5. The van der Waals surface area contributed by atoms with Gasteiger partial charge in [0.25, 0.3) is 5.60 Å². The van der Waals surface area contributed by atoms with E-state index < -0.39 is 23.3 Å². The van der Waals surface area contributed by atoms with Crippen molar-refractivity contribution in [2.24, 2.45) is 0 Å². The van der Waals surface area contributed by atoms with Gasteiger partial charge in [0.05, 0.1) is 6.61 Å². The van der Waals surface area contributed by atoms with Crippen LogP contribution in [-0.2, 0) is 28.2 Å². The highest BCUT2D eigenvalue weighted by Gasteiger charge is 2.62. The average molecular weight is 443 g/mol. The fourth-order valence-electron chi connectivity index (χ4n) is 3.39. The number of hydrogen-bond acceptors (Lipinski definition) is 4. The summed E-state index contributed by atoms with van der Waals surface area (Å²) >= 11 is 0. The standard InChI is InChI=1S/C25H24F3NO3/c1-2-32-23(30)24(31,25(26,27)28)21-13-15-22(16-14-21)29(17-19-9-5-3-6-10-19)18-20-11-7-4-8-12-20/h3-16,31H,2,17-18H2,1H3. The first-order valence-electron chi connectivity index (χ1n) is 10.2. The third-order valence-corrected chi connectivity index (χ3v) is 5.06. The number of carbonyl (C=O) groups excluding carboxylic acids is 1. The number of carbonyl (C=O) groups is 1. The van der Waals surface area contributed by atoms with E-state index >= 15 is 0 Å². The Labute approximate surface area is 184 Å². The number of rotatable bonds is 8. The molecule has 0 saturated heterocycles. The lowest BCUT2D eigenvalue weighted by Gasteiger charge is -2.30. The van der Waals surface area contributed by atoms with Gasteiger partial charge in [-0.15, -0.1) is 0 Å². The molecule has 0 fully saturated rings. The molecule has 1 atom stereocenters. The SMILES string of the molecule is CCOC(=O)C(O)(c1ccc(N(Cc2ccccc2)Cc2ccccc2)cc1)C(F)(F)F. The molecule has 168 valence electrons. The molecule has 3 aromatic rings. The number of alkyl halides is 3. The van der Waals surface area contributed by atoms with Crippen molar-refractivity contribution in [2.45, 2.75) is 31.8 Å². The maximum absolute atomic E-state index is 13.6. The van der Waals surface area contributed by atoms with Crippen LogP contribution < -0.4 is 4.90 Å². The number of esters is 1. The van der Waals surface area contributed by atoms with Crippen LogP contribution in [0, 0.1) is 0 Å². The van der Waals surface area contributed by atoms with Crippen LogP contribution in [0.3, 0.4) is 0 Å². The van der Waals surface area contributed by atoms with E-state index in [0.717, 1.165) is 23.3 Å². The number of hydrogen-bond donors (Lipinski definition) is 1. The maximum atomic E-state index is 13.6. The minimum atomic E-state index is -5.23. The smallest absolute Gasteiger partial charge is 0.432 e. The van der Waals surface area contributed by atoms with Crippen LogP contribution in [0.15, 0.2) is 84.9 Å². The number of aliphatic hydroxyl groups is 1. The molecule has 0 aromatic heterocycles. The Morgan fingerprint density at radius 3 is 1.72 bits per heavy atom. The van der Waals surface area contributed by atoms with Gasteiger partial charge in [0.2, 0.25) is 0 Å². The molecule has 0 saturated carbocycles. The molecular formula is C25H24F3NO3. The summed E-state index contributed by atoms with van der Waals surface area (Å²) in [7, 11) is 0. The highest BCUT2D eigenvalue weighted by Crippen LogP contribution is 2.40. The number of benzene rings is 3. The molecule has 0 heterocycles. The van der Waals surface area contributed by atoms with Gasteiger partial charge in [-0.2, -0.15) is 13.2 Å². The van der Waals surface area contributed by atoms with Gasteiger partial charge in [0.1, 0.15) is 0 Å². The van der Waals surface area contributed by atoms with Crippen LogP contribution in [-0.4, -0.2) is 23.9 Å². The lowest BCUT2D eigenvalue weighted by molar-refractivity contribution is -0.267. The molecule has 4 nitrogen and oxygen atoms in total. The van der Waals surface area contributed by atoms with Crippen LogP contribution in [0.5, 0.6) is 0 Å². The van der Waals surface area contributed by atoms with Crippen LogP contribution >= 0.6 is 0 Å². The van der Waals surface area contributed by atoms with E-state index in [1.165, 1.54) is 19.1 Å². The molecular weight excluding hydrogens is 419 g/mol. The topological polar surface area (TPSA) is 49.8 Å². The van der Waals surface area contributed by atoms with E-state index in [-0.39, 0.29) is 6.61 Å². The zero-order valence-corrected chi connectivity index (χ0v) is 17.5. The molecule has 3 aromatic carbocycles. The molecule has 1 N–H and O–H groups in total. The number of ether oxygens (including phenoxy) is 1. The molecule has 0 spiro atoms. The minimum Gasteiger partial charge on any atom is -0.463 e. The highest BCUT2D eigenvalue weighted by atomic mass is 19.4. The first kappa shape index (κ1) is 23.3. The fraction of sp³-hybridized carbons (Fsp3) is 0.240. The molecule has 0 aliphatic carbocycles. The van der Waals surface area contributed by atoms with Crippen molar-refractivity contribution in [3.8, 4) is 0 Å². The van der Waals surface area contributed by atoms with Crippen molar-refractivity contribution < 1.29 is 27.8 Å². The zero-order chi connectivity index (χ0) is 23.2. The molecule has 32 heavy (non-hydrogen) atoms. The Kier molecular flexibility index (Phi) is 7.20. The average Bonchev–Trinajstić information content (AvgIpc) is 2.79. The van der Waals surface area contributed by atoms with E-state index in [9.17, 15) is 23.1 Å². The van der Waals surface area contributed by atoms with E-state index in [1.807, 2.05) is 65.6 Å². The van der Waals surface area contributed by atoms with Crippen molar-refractivity contribution >= 4 is 11.7 Å². The first-order valence-corrected chi connectivity index (χ1v) is 10.2. The van der Waals surface area contributed by atoms with Crippen LogP contribution in [0.1, 0.15) is 23.6 Å².